The molecule has 10 heteroatoms. The van der Waals surface area contributed by atoms with Crippen LogP contribution in [-0.2, 0) is 29.0 Å². The number of hydrogen-bond donors (Lipinski definition) is 0. The van der Waals surface area contributed by atoms with Gasteiger partial charge in [0, 0.05) is 37.3 Å². The molecular formula is C24H22F3N3O3S. The topological polar surface area (TPSA) is 70.6 Å². The monoisotopic (exact) mass is 489 g/mol. The van der Waals surface area contributed by atoms with Crippen molar-refractivity contribution in [3.05, 3.63) is 70.9 Å². The van der Waals surface area contributed by atoms with Crippen LogP contribution < -0.4 is 0 Å². The van der Waals surface area contributed by atoms with Crippen molar-refractivity contribution >= 4 is 26.8 Å². The van der Waals surface area contributed by atoms with Crippen LogP contribution in [0.2, 0.25) is 0 Å². The van der Waals surface area contributed by atoms with Crippen LogP contribution >= 0.6 is 0 Å². The van der Waals surface area contributed by atoms with E-state index in [1.54, 1.807) is 4.90 Å². The lowest BCUT2D eigenvalue weighted by Crippen LogP contribution is -2.50. The molecule has 0 unspecified atom stereocenters. The quantitative estimate of drug-likeness (QED) is 0.560. The summed E-state index contributed by atoms with van der Waals surface area (Å²) in [6.45, 7) is 0.329. The highest BCUT2D eigenvalue weighted by Gasteiger charge is 2.35. The van der Waals surface area contributed by atoms with Crippen molar-refractivity contribution in [3.63, 3.8) is 0 Å². The van der Waals surface area contributed by atoms with Gasteiger partial charge < -0.3 is 4.90 Å². The molecule has 6 nitrogen and oxygen atoms in total. The first-order valence-electron chi connectivity index (χ1n) is 11.0. The van der Waals surface area contributed by atoms with Crippen LogP contribution in [-0.4, -0.2) is 54.7 Å². The Morgan fingerprint density at radius 2 is 1.68 bits per heavy atom. The van der Waals surface area contributed by atoms with Gasteiger partial charge in [-0.25, -0.2) is 8.42 Å². The number of nitrogens with zero attached hydrogens (tertiary/aromatic N) is 3. The van der Waals surface area contributed by atoms with Crippen molar-refractivity contribution in [2.45, 2.75) is 30.3 Å². The highest BCUT2D eigenvalue weighted by molar-refractivity contribution is 7.89. The normalized spacial score (nSPS) is 17.2. The molecule has 0 atom stereocenters. The summed E-state index contributed by atoms with van der Waals surface area (Å²) in [6.07, 6.45) is -2.10. The molecule has 2 aliphatic rings. The molecule has 0 N–H and O–H groups in total. The van der Waals surface area contributed by atoms with Crippen LogP contribution in [0.1, 0.15) is 33.6 Å². The second kappa shape index (κ2) is 8.35. The van der Waals surface area contributed by atoms with E-state index in [4.69, 9.17) is 4.98 Å². The van der Waals surface area contributed by atoms with E-state index in [2.05, 4.69) is 0 Å². The first kappa shape index (κ1) is 22.8. The van der Waals surface area contributed by atoms with Crippen LogP contribution in [0.25, 0.3) is 10.9 Å². The number of alkyl halides is 3. The molecule has 178 valence electrons. The Hall–Kier alpha value is -2.98. The minimum atomic E-state index is -4.63. The maximum absolute atomic E-state index is 13.6. The number of rotatable bonds is 3. The molecular weight excluding hydrogens is 467 g/mol. The van der Waals surface area contributed by atoms with Gasteiger partial charge in [0.05, 0.1) is 21.5 Å². The molecule has 0 radical (unpaired) electrons. The summed E-state index contributed by atoms with van der Waals surface area (Å²) in [5.41, 5.74) is 2.28. The molecule has 1 fully saturated rings. The average Bonchev–Trinajstić information content (AvgIpc) is 3.30. The van der Waals surface area contributed by atoms with E-state index in [0.717, 1.165) is 63.9 Å². The molecule has 2 heterocycles. The Morgan fingerprint density at radius 1 is 0.941 bits per heavy atom. The predicted molar refractivity (Wildman–Crippen MR) is 120 cm³/mol. The van der Waals surface area contributed by atoms with Gasteiger partial charge >= 0.3 is 6.18 Å². The minimum absolute atomic E-state index is 0.00945. The van der Waals surface area contributed by atoms with E-state index >= 15 is 0 Å². The fourth-order valence-corrected chi connectivity index (χ4v) is 6.20. The lowest BCUT2D eigenvalue weighted by atomic mass is 10.00. The fourth-order valence-electron chi connectivity index (χ4n) is 4.73. The Labute approximate surface area is 195 Å². The highest BCUT2D eigenvalue weighted by atomic mass is 32.2. The number of aromatic nitrogens is 1. The molecule has 1 aromatic heterocycles. The zero-order valence-electron chi connectivity index (χ0n) is 18.2. The van der Waals surface area contributed by atoms with Crippen molar-refractivity contribution in [1.29, 1.82) is 0 Å². The highest BCUT2D eigenvalue weighted by Crippen LogP contribution is 2.33. The van der Waals surface area contributed by atoms with Gasteiger partial charge in [0.1, 0.15) is 0 Å². The molecule has 1 aliphatic carbocycles. The first-order valence-corrected chi connectivity index (χ1v) is 12.5. The van der Waals surface area contributed by atoms with Crippen molar-refractivity contribution in [2.75, 3.05) is 26.2 Å². The number of piperazine rings is 1. The van der Waals surface area contributed by atoms with Gasteiger partial charge in [-0.1, -0.05) is 24.3 Å². The van der Waals surface area contributed by atoms with Gasteiger partial charge in [-0.3, -0.25) is 9.78 Å². The Kier molecular flexibility index (Phi) is 5.60. The lowest BCUT2D eigenvalue weighted by Gasteiger charge is -2.34. The number of carbonyl (C=O) groups is 1. The smallest absolute Gasteiger partial charge is 0.336 e. The van der Waals surface area contributed by atoms with Crippen molar-refractivity contribution in [2.24, 2.45) is 0 Å². The summed E-state index contributed by atoms with van der Waals surface area (Å²) in [6, 6.07) is 11.2. The standard InChI is InChI=1S/C24H22F3N3O3S/c25-24(26,27)16-5-3-6-17(15-16)34(32,33)30-13-11-29(12-14-30)23(31)22-18-7-1-2-9-20(18)28-21-10-4-8-19(21)22/h1-3,5-7,9,15H,4,8,10-14H2. The number of pyridine rings is 1. The van der Waals surface area contributed by atoms with Gasteiger partial charge in [-0.2, -0.15) is 17.5 Å². The number of fused-ring (bicyclic) bond motifs is 2. The molecule has 1 saturated heterocycles. The number of aryl methyl sites for hydroxylation is 1. The van der Waals surface area contributed by atoms with E-state index in [1.165, 1.54) is 0 Å². The molecule has 0 saturated carbocycles. The van der Waals surface area contributed by atoms with Gasteiger partial charge in [-0.05, 0) is 49.1 Å². The molecule has 0 bridgehead atoms. The molecule has 5 rings (SSSR count). The van der Waals surface area contributed by atoms with E-state index in [0.29, 0.717) is 11.6 Å². The number of halogens is 3. The van der Waals surface area contributed by atoms with E-state index in [-0.39, 0.29) is 32.1 Å². The second-order valence-electron chi connectivity index (χ2n) is 8.50. The zero-order valence-corrected chi connectivity index (χ0v) is 19.0. The summed E-state index contributed by atoms with van der Waals surface area (Å²) in [4.78, 5) is 19.5. The van der Waals surface area contributed by atoms with Crippen LogP contribution in [0, 0.1) is 0 Å². The third kappa shape index (κ3) is 3.94. The van der Waals surface area contributed by atoms with E-state index in [1.807, 2.05) is 24.3 Å². The third-order valence-corrected chi connectivity index (χ3v) is 8.35. The Balaban J connectivity index is 1.38. The maximum Gasteiger partial charge on any atom is 0.416 e. The number of amides is 1. The number of sulfonamides is 1. The largest absolute Gasteiger partial charge is 0.416 e. The van der Waals surface area contributed by atoms with E-state index in [9.17, 15) is 26.4 Å². The number of benzene rings is 2. The average molecular weight is 490 g/mol. The van der Waals surface area contributed by atoms with Gasteiger partial charge in [-0.15, -0.1) is 0 Å². The summed E-state index contributed by atoms with van der Waals surface area (Å²) >= 11 is 0. The minimum Gasteiger partial charge on any atom is -0.336 e. The number of hydrogen-bond acceptors (Lipinski definition) is 4. The number of carbonyl (C=O) groups excluding carboxylic acids is 1. The molecule has 3 aromatic rings. The molecule has 1 amide bonds. The van der Waals surface area contributed by atoms with Crippen LogP contribution in [0.3, 0.4) is 0 Å². The lowest BCUT2D eigenvalue weighted by molar-refractivity contribution is -0.137. The third-order valence-electron chi connectivity index (χ3n) is 6.46. The van der Waals surface area contributed by atoms with Crippen molar-refractivity contribution < 1.29 is 26.4 Å². The zero-order chi connectivity index (χ0) is 24.1. The second-order valence-corrected chi connectivity index (χ2v) is 10.4. The number of para-hydroxylation sites is 1. The van der Waals surface area contributed by atoms with Crippen LogP contribution in [0.5, 0.6) is 0 Å². The Bertz CT molecular complexity index is 1380. The van der Waals surface area contributed by atoms with Gasteiger partial charge in [0.2, 0.25) is 10.0 Å². The summed E-state index contributed by atoms with van der Waals surface area (Å²) in [5, 5.41) is 0.784. The Morgan fingerprint density at radius 3 is 2.41 bits per heavy atom. The van der Waals surface area contributed by atoms with Crippen molar-refractivity contribution in [1.82, 2.24) is 14.2 Å². The first-order chi connectivity index (χ1) is 16.2. The summed E-state index contributed by atoms with van der Waals surface area (Å²) in [5.74, 6) is -0.159. The van der Waals surface area contributed by atoms with Crippen molar-refractivity contribution in [3.8, 4) is 0 Å². The molecule has 1 aliphatic heterocycles. The maximum atomic E-state index is 13.6. The van der Waals surface area contributed by atoms with E-state index < -0.39 is 26.7 Å². The van der Waals surface area contributed by atoms with Gasteiger partial charge in [0.15, 0.2) is 0 Å². The fraction of sp³-hybridized carbons (Fsp3) is 0.333. The van der Waals surface area contributed by atoms with Crippen LogP contribution in [0.15, 0.2) is 53.4 Å². The summed E-state index contributed by atoms with van der Waals surface area (Å²) < 4.78 is 66.3. The SMILES string of the molecule is O=C(c1c2c(nc3ccccc13)CCC2)N1CCN(S(=O)(=O)c2cccc(C(F)(F)F)c2)CC1. The van der Waals surface area contributed by atoms with Gasteiger partial charge in [0.25, 0.3) is 5.91 Å². The van der Waals surface area contributed by atoms with Crippen LogP contribution in [0.4, 0.5) is 13.2 Å². The summed E-state index contributed by atoms with van der Waals surface area (Å²) in [7, 11) is -4.12. The molecule has 2 aromatic carbocycles. The molecule has 34 heavy (non-hydrogen) atoms. The predicted octanol–water partition coefficient (Wildman–Crippen LogP) is 3.89. The molecule has 0 spiro atoms.